The van der Waals surface area contributed by atoms with Crippen molar-refractivity contribution in [2.24, 2.45) is 5.73 Å². The van der Waals surface area contributed by atoms with E-state index in [1.54, 1.807) is 7.11 Å². The number of aryl methyl sites for hydroxylation is 1. The minimum absolute atomic E-state index is 0.0183. The van der Waals surface area contributed by atoms with Gasteiger partial charge in [0.15, 0.2) is 0 Å². The summed E-state index contributed by atoms with van der Waals surface area (Å²) in [7, 11) is 1.66. The summed E-state index contributed by atoms with van der Waals surface area (Å²) in [4.78, 5) is 0. The number of aliphatic hydroxyl groups is 1. The number of hydrogen-bond donors (Lipinski definition) is 2. The zero-order chi connectivity index (χ0) is 13.4. The van der Waals surface area contributed by atoms with Crippen LogP contribution >= 0.6 is 0 Å². The highest BCUT2D eigenvalue weighted by atomic mass is 16.5. The lowest BCUT2D eigenvalue weighted by atomic mass is 9.99. The topological polar surface area (TPSA) is 55.5 Å². The Morgan fingerprint density at radius 3 is 2.50 bits per heavy atom. The quantitative estimate of drug-likeness (QED) is 0.746. The molecule has 0 radical (unpaired) electrons. The van der Waals surface area contributed by atoms with E-state index in [2.05, 4.69) is 19.1 Å². The summed E-state index contributed by atoms with van der Waals surface area (Å²) < 4.78 is 4.98. The molecule has 0 heterocycles. The molecule has 0 aliphatic heterocycles. The van der Waals surface area contributed by atoms with E-state index in [1.165, 1.54) is 5.56 Å². The van der Waals surface area contributed by atoms with Crippen molar-refractivity contribution in [1.29, 1.82) is 0 Å². The van der Waals surface area contributed by atoms with E-state index < -0.39 is 6.10 Å². The largest absolute Gasteiger partial charge is 0.388 e. The van der Waals surface area contributed by atoms with Gasteiger partial charge in [0.1, 0.15) is 0 Å². The van der Waals surface area contributed by atoms with Crippen molar-refractivity contribution in [3.63, 3.8) is 0 Å². The highest BCUT2D eigenvalue weighted by Crippen LogP contribution is 2.19. The maximum absolute atomic E-state index is 10.1. The maximum atomic E-state index is 10.1. The Bertz CT molecular complexity index is 324. The van der Waals surface area contributed by atoms with E-state index in [0.29, 0.717) is 13.0 Å². The summed E-state index contributed by atoms with van der Waals surface area (Å²) in [5.74, 6) is 0. The van der Waals surface area contributed by atoms with Crippen LogP contribution < -0.4 is 5.73 Å². The average Bonchev–Trinajstić information content (AvgIpc) is 2.37. The van der Waals surface area contributed by atoms with Gasteiger partial charge in [0.25, 0.3) is 0 Å². The Morgan fingerprint density at radius 2 is 1.94 bits per heavy atom. The number of nitrogens with two attached hydrogens (primary N) is 1. The summed E-state index contributed by atoms with van der Waals surface area (Å²) >= 11 is 0. The molecular weight excluding hydrogens is 226 g/mol. The van der Waals surface area contributed by atoms with Gasteiger partial charge in [0.2, 0.25) is 0 Å². The van der Waals surface area contributed by atoms with E-state index >= 15 is 0 Å². The Labute approximate surface area is 110 Å². The van der Waals surface area contributed by atoms with Crippen molar-refractivity contribution in [3.05, 3.63) is 35.4 Å². The second-order valence-corrected chi connectivity index (χ2v) is 4.78. The van der Waals surface area contributed by atoms with Crippen LogP contribution in [0.3, 0.4) is 0 Å². The summed E-state index contributed by atoms with van der Waals surface area (Å²) in [5, 5.41) is 10.1. The van der Waals surface area contributed by atoms with Gasteiger partial charge in [0, 0.05) is 19.8 Å². The van der Waals surface area contributed by atoms with Gasteiger partial charge in [-0.3, -0.25) is 0 Å². The van der Waals surface area contributed by atoms with E-state index in [9.17, 15) is 5.11 Å². The molecular formula is C15H25NO2. The van der Waals surface area contributed by atoms with Crippen LogP contribution in [0.5, 0.6) is 0 Å². The lowest BCUT2D eigenvalue weighted by Gasteiger charge is -2.16. The van der Waals surface area contributed by atoms with Crippen molar-refractivity contribution in [2.45, 2.75) is 44.8 Å². The Morgan fingerprint density at radius 1 is 1.28 bits per heavy atom. The van der Waals surface area contributed by atoms with Gasteiger partial charge in [0.05, 0.1) is 6.10 Å². The van der Waals surface area contributed by atoms with Crippen molar-refractivity contribution in [1.82, 2.24) is 0 Å². The number of benzene rings is 1. The molecule has 18 heavy (non-hydrogen) atoms. The van der Waals surface area contributed by atoms with Crippen LogP contribution in [-0.2, 0) is 11.2 Å². The predicted molar refractivity (Wildman–Crippen MR) is 74.5 cm³/mol. The highest BCUT2D eigenvalue weighted by Gasteiger charge is 2.12. The van der Waals surface area contributed by atoms with E-state index in [1.807, 2.05) is 12.1 Å². The number of aliphatic hydroxyl groups excluding tert-OH is 1. The van der Waals surface area contributed by atoms with Crippen LogP contribution in [0.2, 0.25) is 0 Å². The van der Waals surface area contributed by atoms with Crippen molar-refractivity contribution in [2.75, 3.05) is 13.7 Å². The Hall–Kier alpha value is -0.900. The summed E-state index contributed by atoms with van der Waals surface area (Å²) in [5.41, 5.74) is 8.20. The highest BCUT2D eigenvalue weighted by molar-refractivity contribution is 5.24. The second kappa shape index (κ2) is 8.25. The summed E-state index contributed by atoms with van der Waals surface area (Å²) in [6, 6.07) is 8.15. The van der Waals surface area contributed by atoms with Gasteiger partial charge in [-0.15, -0.1) is 0 Å². The number of methoxy groups -OCH3 is 1. The van der Waals surface area contributed by atoms with E-state index in [-0.39, 0.29) is 6.04 Å². The molecule has 0 saturated heterocycles. The first-order valence-electron chi connectivity index (χ1n) is 6.68. The van der Waals surface area contributed by atoms with Crippen LogP contribution in [-0.4, -0.2) is 24.9 Å². The third-order valence-corrected chi connectivity index (χ3v) is 3.12. The minimum atomic E-state index is -0.479. The number of hydrogen-bond acceptors (Lipinski definition) is 3. The van der Waals surface area contributed by atoms with Crippen molar-refractivity contribution >= 4 is 0 Å². The summed E-state index contributed by atoms with van der Waals surface area (Å²) in [6.07, 6.45) is 3.11. The molecule has 0 saturated carbocycles. The predicted octanol–water partition coefficient (Wildman–Crippen LogP) is 2.43. The Balaban J connectivity index is 2.47. The van der Waals surface area contributed by atoms with Gasteiger partial charge in [-0.25, -0.2) is 0 Å². The average molecular weight is 251 g/mol. The lowest BCUT2D eigenvalue weighted by Crippen LogP contribution is -2.24. The molecule has 1 aromatic rings. The van der Waals surface area contributed by atoms with Crippen LogP contribution in [0.15, 0.2) is 24.3 Å². The number of ether oxygens (including phenoxy) is 1. The second-order valence-electron chi connectivity index (χ2n) is 4.78. The van der Waals surface area contributed by atoms with Crippen LogP contribution in [0.4, 0.5) is 0 Å². The zero-order valence-corrected chi connectivity index (χ0v) is 11.4. The molecule has 0 spiro atoms. The van der Waals surface area contributed by atoms with E-state index in [0.717, 1.165) is 24.8 Å². The van der Waals surface area contributed by atoms with E-state index in [4.69, 9.17) is 10.5 Å². The fraction of sp³-hybridized carbons (Fsp3) is 0.600. The molecule has 1 rings (SSSR count). The SMILES string of the molecule is CCCc1ccc(C(O)CC(N)CCOC)cc1. The van der Waals surface area contributed by atoms with Crippen molar-refractivity contribution < 1.29 is 9.84 Å². The first-order valence-corrected chi connectivity index (χ1v) is 6.68. The molecule has 3 heteroatoms. The van der Waals surface area contributed by atoms with Crippen molar-refractivity contribution in [3.8, 4) is 0 Å². The third kappa shape index (κ3) is 5.17. The van der Waals surface area contributed by atoms with Crippen LogP contribution in [0.25, 0.3) is 0 Å². The molecule has 0 fully saturated rings. The van der Waals surface area contributed by atoms with Gasteiger partial charge < -0.3 is 15.6 Å². The molecule has 0 amide bonds. The maximum Gasteiger partial charge on any atom is 0.0804 e. The van der Waals surface area contributed by atoms with Crippen LogP contribution in [0, 0.1) is 0 Å². The van der Waals surface area contributed by atoms with Gasteiger partial charge in [-0.05, 0) is 30.4 Å². The third-order valence-electron chi connectivity index (χ3n) is 3.12. The monoisotopic (exact) mass is 251 g/mol. The normalized spacial score (nSPS) is 14.4. The molecule has 2 unspecified atom stereocenters. The molecule has 2 atom stereocenters. The molecule has 3 nitrogen and oxygen atoms in total. The Kier molecular flexibility index (Phi) is 6.94. The fourth-order valence-electron chi connectivity index (χ4n) is 2.01. The molecule has 3 N–H and O–H groups in total. The van der Waals surface area contributed by atoms with Gasteiger partial charge in [-0.1, -0.05) is 37.6 Å². The van der Waals surface area contributed by atoms with Crippen LogP contribution in [0.1, 0.15) is 43.4 Å². The smallest absolute Gasteiger partial charge is 0.0804 e. The first-order chi connectivity index (χ1) is 8.67. The molecule has 1 aromatic carbocycles. The standard InChI is InChI=1S/C15H25NO2/c1-3-4-12-5-7-13(8-6-12)15(17)11-14(16)9-10-18-2/h5-8,14-15,17H,3-4,9-11,16H2,1-2H3. The molecule has 0 bridgehead atoms. The lowest BCUT2D eigenvalue weighted by molar-refractivity contribution is 0.141. The minimum Gasteiger partial charge on any atom is -0.388 e. The van der Waals surface area contributed by atoms with Gasteiger partial charge in [-0.2, -0.15) is 0 Å². The molecule has 102 valence electrons. The fourth-order valence-corrected chi connectivity index (χ4v) is 2.01. The van der Waals surface area contributed by atoms with Gasteiger partial charge >= 0.3 is 0 Å². The zero-order valence-electron chi connectivity index (χ0n) is 11.4. The molecule has 0 aromatic heterocycles. The molecule has 0 aliphatic rings. The summed E-state index contributed by atoms with van der Waals surface area (Å²) in [6.45, 7) is 2.81. The first kappa shape index (κ1) is 15.2. The molecule has 0 aliphatic carbocycles. The number of rotatable bonds is 8.